The van der Waals surface area contributed by atoms with Crippen LogP contribution in [0, 0.1) is 11.6 Å². The molecule has 0 saturated carbocycles. The lowest BCUT2D eigenvalue weighted by atomic mass is 10.0. The van der Waals surface area contributed by atoms with Gasteiger partial charge in [0.05, 0.1) is 15.2 Å². The van der Waals surface area contributed by atoms with Crippen molar-refractivity contribution in [2.45, 2.75) is 18.9 Å². The van der Waals surface area contributed by atoms with Crippen LogP contribution in [0.4, 0.5) is 8.78 Å². The molecule has 5 heteroatoms. The first-order valence-corrected chi connectivity index (χ1v) is 7.48. The molecule has 0 fully saturated rings. The number of rotatable bonds is 4. The Morgan fingerprint density at radius 1 is 1.05 bits per heavy atom. The number of para-hydroxylation sites is 1. The molecule has 1 unspecified atom stereocenters. The molecule has 0 saturated heterocycles. The molecule has 21 heavy (non-hydrogen) atoms. The molecule has 0 bridgehead atoms. The molecule has 3 rings (SSSR count). The molecular formula is C16H14F2N2S. The minimum Gasteiger partial charge on any atom is -0.327 e. The third-order valence-electron chi connectivity index (χ3n) is 3.29. The van der Waals surface area contributed by atoms with Gasteiger partial charge in [0, 0.05) is 12.5 Å². The highest BCUT2D eigenvalue weighted by Crippen LogP contribution is 2.23. The molecule has 108 valence electrons. The van der Waals surface area contributed by atoms with Gasteiger partial charge in [0.1, 0.15) is 0 Å². The number of hydrogen-bond donors (Lipinski definition) is 1. The van der Waals surface area contributed by atoms with E-state index in [0.717, 1.165) is 21.3 Å². The van der Waals surface area contributed by atoms with Gasteiger partial charge in [0.2, 0.25) is 0 Å². The number of nitrogens with two attached hydrogens (primary N) is 1. The van der Waals surface area contributed by atoms with Crippen molar-refractivity contribution < 1.29 is 8.78 Å². The van der Waals surface area contributed by atoms with Crippen molar-refractivity contribution in [3.63, 3.8) is 0 Å². The van der Waals surface area contributed by atoms with Gasteiger partial charge in [0.15, 0.2) is 11.6 Å². The molecule has 0 aliphatic rings. The summed E-state index contributed by atoms with van der Waals surface area (Å²) in [4.78, 5) is 4.50. The Labute approximate surface area is 125 Å². The lowest BCUT2D eigenvalue weighted by molar-refractivity contribution is 0.492. The SMILES string of the molecule is NC(Cc1nc2ccccc2s1)Cc1cccc(F)c1F. The molecule has 0 aliphatic carbocycles. The predicted molar refractivity (Wildman–Crippen MR) is 81.4 cm³/mol. The molecule has 1 aromatic heterocycles. The summed E-state index contributed by atoms with van der Waals surface area (Å²) in [6.07, 6.45) is 0.842. The van der Waals surface area contributed by atoms with E-state index in [4.69, 9.17) is 5.73 Å². The van der Waals surface area contributed by atoms with Crippen molar-refractivity contribution in [3.05, 3.63) is 64.7 Å². The fourth-order valence-corrected chi connectivity index (χ4v) is 3.35. The summed E-state index contributed by atoms with van der Waals surface area (Å²) in [6, 6.07) is 11.7. The summed E-state index contributed by atoms with van der Waals surface area (Å²) in [5, 5.41) is 0.917. The highest BCUT2D eigenvalue weighted by molar-refractivity contribution is 7.18. The van der Waals surface area contributed by atoms with Crippen LogP contribution < -0.4 is 5.73 Å². The normalized spacial score (nSPS) is 12.7. The van der Waals surface area contributed by atoms with Crippen LogP contribution in [0.25, 0.3) is 10.2 Å². The number of aromatic nitrogens is 1. The average Bonchev–Trinajstić information content (AvgIpc) is 2.86. The van der Waals surface area contributed by atoms with E-state index >= 15 is 0 Å². The van der Waals surface area contributed by atoms with Crippen molar-refractivity contribution in [2.75, 3.05) is 0 Å². The van der Waals surface area contributed by atoms with Crippen molar-refractivity contribution in [2.24, 2.45) is 5.73 Å². The van der Waals surface area contributed by atoms with Crippen molar-refractivity contribution in [1.82, 2.24) is 4.98 Å². The number of hydrogen-bond acceptors (Lipinski definition) is 3. The Morgan fingerprint density at radius 2 is 1.86 bits per heavy atom. The Balaban J connectivity index is 1.74. The van der Waals surface area contributed by atoms with Gasteiger partial charge in [-0.15, -0.1) is 11.3 Å². The number of halogens is 2. The fourth-order valence-electron chi connectivity index (χ4n) is 2.29. The average molecular weight is 304 g/mol. The van der Waals surface area contributed by atoms with Crippen molar-refractivity contribution in [3.8, 4) is 0 Å². The second-order valence-corrected chi connectivity index (χ2v) is 6.07. The van der Waals surface area contributed by atoms with Gasteiger partial charge in [-0.2, -0.15) is 0 Å². The zero-order valence-electron chi connectivity index (χ0n) is 11.2. The lowest BCUT2D eigenvalue weighted by Gasteiger charge is -2.10. The molecule has 2 aromatic carbocycles. The van der Waals surface area contributed by atoms with Crippen LogP contribution in [0.3, 0.4) is 0 Å². The number of fused-ring (bicyclic) bond motifs is 1. The molecule has 2 nitrogen and oxygen atoms in total. The van der Waals surface area contributed by atoms with Gasteiger partial charge in [-0.1, -0.05) is 24.3 Å². The van der Waals surface area contributed by atoms with Crippen LogP contribution in [0.5, 0.6) is 0 Å². The van der Waals surface area contributed by atoms with Gasteiger partial charge in [-0.05, 0) is 30.2 Å². The van der Waals surface area contributed by atoms with Crippen LogP contribution in [0.2, 0.25) is 0 Å². The van der Waals surface area contributed by atoms with E-state index in [1.165, 1.54) is 6.07 Å². The maximum atomic E-state index is 13.6. The van der Waals surface area contributed by atoms with E-state index in [-0.39, 0.29) is 6.04 Å². The summed E-state index contributed by atoms with van der Waals surface area (Å²) in [5.74, 6) is -1.64. The third-order valence-corrected chi connectivity index (χ3v) is 4.35. The highest BCUT2D eigenvalue weighted by Gasteiger charge is 2.14. The lowest BCUT2D eigenvalue weighted by Crippen LogP contribution is -2.26. The van der Waals surface area contributed by atoms with Crippen molar-refractivity contribution >= 4 is 21.6 Å². The molecule has 0 aliphatic heterocycles. The van der Waals surface area contributed by atoms with Gasteiger partial charge < -0.3 is 5.73 Å². The van der Waals surface area contributed by atoms with E-state index in [1.54, 1.807) is 17.4 Å². The van der Waals surface area contributed by atoms with E-state index in [9.17, 15) is 8.78 Å². The monoisotopic (exact) mass is 304 g/mol. The van der Waals surface area contributed by atoms with Crippen molar-refractivity contribution in [1.29, 1.82) is 0 Å². The Hall–Kier alpha value is -1.85. The van der Waals surface area contributed by atoms with Crippen LogP contribution in [0.1, 0.15) is 10.6 Å². The van der Waals surface area contributed by atoms with E-state index in [1.807, 2.05) is 24.3 Å². The quantitative estimate of drug-likeness (QED) is 0.798. The Kier molecular flexibility index (Phi) is 3.94. The molecule has 0 radical (unpaired) electrons. The Bertz CT molecular complexity index is 737. The second kappa shape index (κ2) is 5.87. The van der Waals surface area contributed by atoms with Gasteiger partial charge in [0.25, 0.3) is 0 Å². The zero-order valence-corrected chi connectivity index (χ0v) is 12.0. The largest absolute Gasteiger partial charge is 0.327 e. The standard InChI is InChI=1S/C16H14F2N2S/c17-12-5-3-4-10(16(12)18)8-11(19)9-15-20-13-6-1-2-7-14(13)21-15/h1-7,11H,8-9,19H2. The topological polar surface area (TPSA) is 38.9 Å². The van der Waals surface area contributed by atoms with E-state index < -0.39 is 11.6 Å². The number of benzene rings is 2. The minimum atomic E-state index is -0.834. The molecular weight excluding hydrogens is 290 g/mol. The molecule has 2 N–H and O–H groups in total. The van der Waals surface area contributed by atoms with Crippen LogP contribution >= 0.6 is 11.3 Å². The van der Waals surface area contributed by atoms with Gasteiger partial charge in [-0.3, -0.25) is 0 Å². The minimum absolute atomic E-state index is 0.290. The maximum absolute atomic E-state index is 13.6. The first kappa shape index (κ1) is 14.1. The number of thiazole rings is 1. The summed E-state index contributed by atoms with van der Waals surface area (Å²) in [6.45, 7) is 0. The Morgan fingerprint density at radius 3 is 2.67 bits per heavy atom. The fraction of sp³-hybridized carbons (Fsp3) is 0.188. The first-order chi connectivity index (χ1) is 10.1. The summed E-state index contributed by atoms with van der Waals surface area (Å²) in [5.41, 5.74) is 7.31. The second-order valence-electron chi connectivity index (χ2n) is 4.96. The predicted octanol–water partition coefficient (Wildman–Crippen LogP) is 3.69. The summed E-state index contributed by atoms with van der Waals surface area (Å²) >= 11 is 1.58. The smallest absolute Gasteiger partial charge is 0.162 e. The number of nitrogens with zero attached hydrogens (tertiary/aromatic N) is 1. The molecule has 3 aromatic rings. The van der Waals surface area contributed by atoms with Gasteiger partial charge in [-0.25, -0.2) is 13.8 Å². The zero-order chi connectivity index (χ0) is 14.8. The summed E-state index contributed by atoms with van der Waals surface area (Å²) < 4.78 is 27.9. The van der Waals surface area contributed by atoms with Crippen LogP contribution in [-0.4, -0.2) is 11.0 Å². The highest BCUT2D eigenvalue weighted by atomic mass is 32.1. The molecule has 1 atom stereocenters. The van der Waals surface area contributed by atoms with Gasteiger partial charge >= 0.3 is 0 Å². The van der Waals surface area contributed by atoms with Crippen LogP contribution in [0.15, 0.2) is 42.5 Å². The molecule has 0 amide bonds. The third kappa shape index (κ3) is 3.09. The summed E-state index contributed by atoms with van der Waals surface area (Å²) in [7, 11) is 0. The molecule has 1 heterocycles. The first-order valence-electron chi connectivity index (χ1n) is 6.66. The maximum Gasteiger partial charge on any atom is 0.162 e. The van der Waals surface area contributed by atoms with E-state index in [2.05, 4.69) is 4.98 Å². The van der Waals surface area contributed by atoms with Crippen LogP contribution in [-0.2, 0) is 12.8 Å². The van der Waals surface area contributed by atoms with E-state index in [0.29, 0.717) is 18.4 Å². The molecule has 0 spiro atoms.